The van der Waals surface area contributed by atoms with Crippen LogP contribution in [-0.2, 0) is 10.2 Å². The topological polar surface area (TPSA) is 63.5 Å². The molecule has 5 heteroatoms. The summed E-state index contributed by atoms with van der Waals surface area (Å²) >= 11 is 0. The Morgan fingerprint density at radius 3 is 2.72 bits per heavy atom. The Balaban J connectivity index is 2.60. The SMILES string of the molecule is C=CCN1C(=O)C(C)(C)c2cc([N+](=O)[O-])ccc21. The van der Waals surface area contributed by atoms with E-state index >= 15 is 0 Å². The van der Waals surface area contributed by atoms with Crippen LogP contribution in [0.15, 0.2) is 30.9 Å². The number of anilines is 1. The zero-order valence-corrected chi connectivity index (χ0v) is 10.3. The summed E-state index contributed by atoms with van der Waals surface area (Å²) in [5, 5.41) is 10.8. The molecule has 0 saturated heterocycles. The normalized spacial score (nSPS) is 16.6. The summed E-state index contributed by atoms with van der Waals surface area (Å²) in [5.41, 5.74) is 0.707. The van der Waals surface area contributed by atoms with Gasteiger partial charge in [0.2, 0.25) is 5.91 Å². The molecular weight excluding hydrogens is 232 g/mol. The van der Waals surface area contributed by atoms with Gasteiger partial charge in [-0.2, -0.15) is 0 Å². The summed E-state index contributed by atoms with van der Waals surface area (Å²) in [5.74, 6) is -0.0575. The second-order valence-corrected chi connectivity index (χ2v) is 4.79. The van der Waals surface area contributed by atoms with E-state index in [-0.39, 0.29) is 11.6 Å². The molecule has 1 aromatic carbocycles. The first-order chi connectivity index (χ1) is 8.39. The first kappa shape index (κ1) is 12.3. The Morgan fingerprint density at radius 2 is 2.17 bits per heavy atom. The molecule has 1 aliphatic rings. The molecule has 1 heterocycles. The highest BCUT2D eigenvalue weighted by Crippen LogP contribution is 2.42. The fourth-order valence-electron chi connectivity index (χ4n) is 2.25. The molecule has 0 fully saturated rings. The van der Waals surface area contributed by atoms with Crippen molar-refractivity contribution in [3.8, 4) is 0 Å². The number of hydrogen-bond donors (Lipinski definition) is 0. The molecule has 1 aliphatic heterocycles. The summed E-state index contributed by atoms with van der Waals surface area (Å²) < 4.78 is 0. The molecule has 0 aliphatic carbocycles. The maximum atomic E-state index is 12.3. The number of nitro benzene ring substituents is 1. The zero-order chi connectivity index (χ0) is 13.5. The predicted octanol–water partition coefficient (Wildman–Crippen LogP) is 2.41. The molecule has 0 saturated carbocycles. The number of nitro groups is 1. The van der Waals surface area contributed by atoms with E-state index in [1.165, 1.54) is 12.1 Å². The second kappa shape index (κ2) is 3.94. The number of fused-ring (bicyclic) bond motifs is 1. The van der Waals surface area contributed by atoms with Gasteiger partial charge in [0, 0.05) is 24.4 Å². The number of carbonyl (C=O) groups is 1. The van der Waals surface area contributed by atoms with Gasteiger partial charge < -0.3 is 4.90 Å². The molecule has 1 aromatic rings. The number of nitrogens with zero attached hydrogens (tertiary/aromatic N) is 2. The minimum absolute atomic E-state index is 0.00933. The predicted molar refractivity (Wildman–Crippen MR) is 68.7 cm³/mol. The fourth-order valence-corrected chi connectivity index (χ4v) is 2.25. The highest BCUT2D eigenvalue weighted by Gasteiger charge is 2.44. The summed E-state index contributed by atoms with van der Waals surface area (Å²) in [6.07, 6.45) is 1.64. The average Bonchev–Trinajstić information content (AvgIpc) is 2.51. The Bertz CT molecular complexity index is 549. The fraction of sp³-hybridized carbons (Fsp3) is 0.308. The first-order valence-electron chi connectivity index (χ1n) is 5.61. The molecule has 0 spiro atoms. The lowest BCUT2D eigenvalue weighted by Gasteiger charge is -2.18. The van der Waals surface area contributed by atoms with Crippen LogP contribution < -0.4 is 4.90 Å². The third-order valence-electron chi connectivity index (χ3n) is 3.25. The van der Waals surface area contributed by atoms with E-state index in [0.29, 0.717) is 12.1 Å². The standard InChI is InChI=1S/C13H14N2O3/c1-4-7-14-11-6-5-9(15(17)18)8-10(11)13(2,3)12(14)16/h4-6,8H,1,7H2,2-3H3. The number of amides is 1. The first-order valence-corrected chi connectivity index (χ1v) is 5.61. The molecule has 0 aromatic heterocycles. The summed E-state index contributed by atoms with van der Waals surface area (Å²) in [6, 6.07) is 4.53. The molecule has 1 amide bonds. The van der Waals surface area contributed by atoms with Gasteiger partial charge in [-0.3, -0.25) is 14.9 Å². The van der Waals surface area contributed by atoms with Crippen molar-refractivity contribution in [1.82, 2.24) is 0 Å². The van der Waals surface area contributed by atoms with Crippen LogP contribution in [-0.4, -0.2) is 17.4 Å². The van der Waals surface area contributed by atoms with Crippen molar-refractivity contribution in [3.63, 3.8) is 0 Å². The van der Waals surface area contributed by atoms with E-state index in [2.05, 4.69) is 6.58 Å². The highest BCUT2D eigenvalue weighted by atomic mass is 16.6. The molecule has 18 heavy (non-hydrogen) atoms. The van der Waals surface area contributed by atoms with Crippen molar-refractivity contribution in [1.29, 1.82) is 0 Å². The van der Waals surface area contributed by atoms with Crippen LogP contribution in [0.2, 0.25) is 0 Å². The third-order valence-corrected chi connectivity index (χ3v) is 3.25. The third kappa shape index (κ3) is 1.59. The van der Waals surface area contributed by atoms with Crippen LogP contribution in [0.5, 0.6) is 0 Å². The lowest BCUT2D eigenvalue weighted by atomic mass is 9.86. The van der Waals surface area contributed by atoms with E-state index in [4.69, 9.17) is 0 Å². The molecule has 2 rings (SSSR count). The number of carbonyl (C=O) groups excluding carboxylic acids is 1. The van der Waals surface area contributed by atoms with Gasteiger partial charge in [-0.05, 0) is 25.5 Å². The minimum Gasteiger partial charge on any atom is -0.308 e. The van der Waals surface area contributed by atoms with Gasteiger partial charge in [-0.25, -0.2) is 0 Å². The molecule has 0 atom stereocenters. The van der Waals surface area contributed by atoms with Gasteiger partial charge in [0.05, 0.1) is 10.3 Å². The van der Waals surface area contributed by atoms with Crippen molar-refractivity contribution in [2.45, 2.75) is 19.3 Å². The van der Waals surface area contributed by atoms with Gasteiger partial charge >= 0.3 is 0 Å². The van der Waals surface area contributed by atoms with Gasteiger partial charge in [-0.15, -0.1) is 6.58 Å². The maximum absolute atomic E-state index is 12.3. The lowest BCUT2D eigenvalue weighted by molar-refractivity contribution is -0.384. The van der Waals surface area contributed by atoms with Crippen molar-refractivity contribution in [2.75, 3.05) is 11.4 Å². The van der Waals surface area contributed by atoms with Crippen molar-refractivity contribution < 1.29 is 9.72 Å². The maximum Gasteiger partial charge on any atom is 0.269 e. The van der Waals surface area contributed by atoms with Gasteiger partial charge in [0.25, 0.3) is 5.69 Å². The number of hydrogen-bond acceptors (Lipinski definition) is 3. The molecule has 0 bridgehead atoms. The van der Waals surface area contributed by atoms with E-state index < -0.39 is 10.3 Å². The Labute approximate surface area is 105 Å². The van der Waals surface area contributed by atoms with Crippen LogP contribution in [0, 0.1) is 10.1 Å². The average molecular weight is 246 g/mol. The smallest absolute Gasteiger partial charge is 0.269 e. The van der Waals surface area contributed by atoms with Gasteiger partial charge in [-0.1, -0.05) is 6.08 Å². The summed E-state index contributed by atoms with van der Waals surface area (Å²) in [7, 11) is 0. The largest absolute Gasteiger partial charge is 0.308 e. The van der Waals surface area contributed by atoms with E-state index in [9.17, 15) is 14.9 Å². The van der Waals surface area contributed by atoms with Crippen LogP contribution in [0.1, 0.15) is 19.4 Å². The van der Waals surface area contributed by atoms with E-state index in [1.807, 2.05) is 0 Å². The Kier molecular flexibility index (Phi) is 2.69. The lowest BCUT2D eigenvalue weighted by Crippen LogP contribution is -2.36. The Hall–Kier alpha value is -2.17. The van der Waals surface area contributed by atoms with Crippen molar-refractivity contribution in [3.05, 3.63) is 46.5 Å². The summed E-state index contributed by atoms with van der Waals surface area (Å²) in [6.45, 7) is 7.59. The minimum atomic E-state index is -0.732. The summed E-state index contributed by atoms with van der Waals surface area (Å²) in [4.78, 5) is 24.2. The molecule has 94 valence electrons. The second-order valence-electron chi connectivity index (χ2n) is 4.79. The number of benzene rings is 1. The van der Waals surface area contributed by atoms with Crippen molar-refractivity contribution >= 4 is 17.3 Å². The van der Waals surface area contributed by atoms with Crippen LogP contribution in [0.3, 0.4) is 0 Å². The van der Waals surface area contributed by atoms with E-state index in [0.717, 1.165) is 5.69 Å². The van der Waals surface area contributed by atoms with Crippen LogP contribution in [0.25, 0.3) is 0 Å². The van der Waals surface area contributed by atoms with Crippen molar-refractivity contribution in [2.24, 2.45) is 0 Å². The van der Waals surface area contributed by atoms with Crippen LogP contribution in [0.4, 0.5) is 11.4 Å². The molecular formula is C13H14N2O3. The quantitative estimate of drug-likeness (QED) is 0.467. The van der Waals surface area contributed by atoms with Crippen LogP contribution >= 0.6 is 0 Å². The van der Waals surface area contributed by atoms with E-state index in [1.54, 1.807) is 30.9 Å². The number of non-ortho nitro benzene ring substituents is 1. The molecule has 0 N–H and O–H groups in total. The zero-order valence-electron chi connectivity index (χ0n) is 10.3. The monoisotopic (exact) mass is 246 g/mol. The van der Waals surface area contributed by atoms with Gasteiger partial charge in [0.1, 0.15) is 0 Å². The molecule has 5 nitrogen and oxygen atoms in total. The van der Waals surface area contributed by atoms with Gasteiger partial charge in [0.15, 0.2) is 0 Å². The molecule has 0 unspecified atom stereocenters. The Morgan fingerprint density at radius 1 is 1.50 bits per heavy atom. The number of rotatable bonds is 3. The highest BCUT2D eigenvalue weighted by molar-refractivity contribution is 6.07. The molecule has 0 radical (unpaired) electrons.